The molecule has 3 rings (SSSR count). The average Bonchev–Trinajstić information content (AvgIpc) is 3.00. The highest BCUT2D eigenvalue weighted by atomic mass is 79.9. The van der Waals surface area contributed by atoms with E-state index in [1.54, 1.807) is 29.2 Å². The van der Waals surface area contributed by atoms with Crippen LogP contribution >= 0.6 is 27.5 Å². The molecular weight excluding hydrogens is 408 g/mol. The zero-order chi connectivity index (χ0) is 17.8. The third kappa shape index (κ3) is 4.32. The van der Waals surface area contributed by atoms with Crippen molar-refractivity contribution in [1.29, 1.82) is 0 Å². The monoisotopic (exact) mass is 422 g/mol. The van der Waals surface area contributed by atoms with Gasteiger partial charge in [0.25, 0.3) is 5.91 Å². The van der Waals surface area contributed by atoms with Gasteiger partial charge in [0.05, 0.1) is 15.8 Å². The third-order valence-electron chi connectivity index (χ3n) is 3.80. The van der Waals surface area contributed by atoms with Gasteiger partial charge < -0.3 is 15.0 Å². The van der Waals surface area contributed by atoms with Crippen molar-refractivity contribution in [1.82, 2.24) is 0 Å². The number of rotatable bonds is 5. The van der Waals surface area contributed by atoms with Crippen LogP contribution in [0.2, 0.25) is 5.02 Å². The predicted molar refractivity (Wildman–Crippen MR) is 101 cm³/mol. The maximum atomic E-state index is 12.2. The lowest BCUT2D eigenvalue weighted by Gasteiger charge is -2.20. The first-order valence-corrected chi connectivity index (χ1v) is 8.99. The molecule has 0 aromatic heterocycles. The molecule has 1 heterocycles. The van der Waals surface area contributed by atoms with Gasteiger partial charge in [-0.05, 0) is 52.7 Å². The fourth-order valence-electron chi connectivity index (χ4n) is 2.64. The summed E-state index contributed by atoms with van der Waals surface area (Å²) < 4.78 is 6.19. The van der Waals surface area contributed by atoms with Crippen molar-refractivity contribution in [2.45, 2.75) is 12.8 Å². The van der Waals surface area contributed by atoms with Gasteiger partial charge in [0.1, 0.15) is 5.75 Å². The average molecular weight is 424 g/mol. The van der Waals surface area contributed by atoms with Gasteiger partial charge in [0.15, 0.2) is 6.61 Å². The summed E-state index contributed by atoms with van der Waals surface area (Å²) in [4.78, 5) is 25.9. The van der Waals surface area contributed by atoms with Gasteiger partial charge >= 0.3 is 0 Å². The highest BCUT2D eigenvalue weighted by Crippen LogP contribution is 2.30. The Bertz CT molecular complexity index is 813. The van der Waals surface area contributed by atoms with Crippen LogP contribution in [0, 0.1) is 0 Å². The predicted octanol–water partition coefficient (Wildman–Crippen LogP) is 4.25. The van der Waals surface area contributed by atoms with Crippen LogP contribution in [0.15, 0.2) is 46.9 Å². The Morgan fingerprint density at radius 3 is 2.80 bits per heavy atom. The van der Waals surface area contributed by atoms with Crippen LogP contribution in [-0.4, -0.2) is 25.0 Å². The van der Waals surface area contributed by atoms with E-state index in [9.17, 15) is 9.59 Å². The maximum Gasteiger partial charge on any atom is 0.262 e. The zero-order valence-corrected chi connectivity index (χ0v) is 15.6. The summed E-state index contributed by atoms with van der Waals surface area (Å²) in [5.41, 5.74) is 1.31. The first-order chi connectivity index (χ1) is 12.0. The number of hydrogen-bond donors (Lipinski definition) is 1. The number of benzene rings is 2. The molecule has 2 aromatic carbocycles. The number of amides is 2. The summed E-state index contributed by atoms with van der Waals surface area (Å²) in [6.07, 6.45) is 1.37. The Balaban J connectivity index is 1.66. The van der Waals surface area contributed by atoms with Crippen LogP contribution in [-0.2, 0) is 9.59 Å². The molecule has 0 atom stereocenters. The molecule has 1 saturated heterocycles. The van der Waals surface area contributed by atoms with E-state index >= 15 is 0 Å². The first kappa shape index (κ1) is 17.8. The highest BCUT2D eigenvalue weighted by molar-refractivity contribution is 9.10. The molecule has 25 heavy (non-hydrogen) atoms. The maximum absolute atomic E-state index is 12.2. The standard InChI is InChI=1S/C18H16BrClN2O3/c19-13-10-12(20)7-8-16(13)25-11-17(23)21-14-4-1-2-5-15(14)22-9-3-6-18(22)24/h1-2,4-5,7-8,10H,3,6,9,11H2,(H,21,23). The minimum atomic E-state index is -0.305. The fraction of sp³-hybridized carbons (Fsp3) is 0.222. The van der Waals surface area contributed by atoms with Crippen molar-refractivity contribution in [3.63, 3.8) is 0 Å². The molecule has 0 aliphatic carbocycles. The molecule has 5 nitrogen and oxygen atoms in total. The largest absolute Gasteiger partial charge is 0.483 e. The molecule has 0 saturated carbocycles. The van der Waals surface area contributed by atoms with E-state index in [0.717, 1.165) is 6.42 Å². The second kappa shape index (κ2) is 7.89. The Kier molecular flexibility index (Phi) is 5.60. The Labute approximate surface area is 159 Å². The SMILES string of the molecule is O=C(COc1ccc(Cl)cc1Br)Nc1ccccc1N1CCCC1=O. The van der Waals surface area contributed by atoms with Crippen molar-refractivity contribution >= 4 is 50.7 Å². The van der Waals surface area contributed by atoms with Gasteiger partial charge in [-0.1, -0.05) is 23.7 Å². The van der Waals surface area contributed by atoms with E-state index in [4.69, 9.17) is 16.3 Å². The van der Waals surface area contributed by atoms with E-state index in [2.05, 4.69) is 21.2 Å². The lowest BCUT2D eigenvalue weighted by Crippen LogP contribution is -2.26. The lowest BCUT2D eigenvalue weighted by molar-refractivity contribution is -0.118. The summed E-state index contributed by atoms with van der Waals surface area (Å²) in [5, 5.41) is 3.39. The summed E-state index contributed by atoms with van der Waals surface area (Å²) >= 11 is 9.22. The number of carbonyl (C=O) groups excluding carboxylic acids is 2. The summed E-state index contributed by atoms with van der Waals surface area (Å²) in [7, 11) is 0. The van der Waals surface area contributed by atoms with Crippen LogP contribution in [0.1, 0.15) is 12.8 Å². The number of nitrogens with zero attached hydrogens (tertiary/aromatic N) is 1. The Hall–Kier alpha value is -2.05. The number of anilines is 2. The molecule has 0 spiro atoms. The minimum absolute atomic E-state index is 0.0723. The fourth-order valence-corrected chi connectivity index (χ4v) is 3.44. The third-order valence-corrected chi connectivity index (χ3v) is 4.65. The molecule has 0 radical (unpaired) electrons. The van der Waals surface area contributed by atoms with E-state index in [1.165, 1.54) is 0 Å². The van der Waals surface area contributed by atoms with Gasteiger partial charge in [0, 0.05) is 18.0 Å². The molecular formula is C18H16BrClN2O3. The van der Waals surface area contributed by atoms with Gasteiger partial charge in [-0.3, -0.25) is 9.59 Å². The van der Waals surface area contributed by atoms with Crippen molar-refractivity contribution < 1.29 is 14.3 Å². The molecule has 1 aliphatic rings. The molecule has 1 N–H and O–H groups in total. The van der Waals surface area contributed by atoms with Crippen molar-refractivity contribution in [3.8, 4) is 5.75 Å². The molecule has 1 fully saturated rings. The molecule has 130 valence electrons. The minimum Gasteiger partial charge on any atom is -0.483 e. The molecule has 2 aromatic rings. The number of para-hydroxylation sites is 2. The van der Waals surface area contributed by atoms with Crippen LogP contribution in [0.25, 0.3) is 0 Å². The molecule has 0 unspecified atom stereocenters. The smallest absolute Gasteiger partial charge is 0.262 e. The van der Waals surface area contributed by atoms with Gasteiger partial charge in [-0.25, -0.2) is 0 Å². The first-order valence-electron chi connectivity index (χ1n) is 7.81. The van der Waals surface area contributed by atoms with Crippen LogP contribution < -0.4 is 15.0 Å². The normalized spacial score (nSPS) is 13.8. The quantitative estimate of drug-likeness (QED) is 0.782. The second-order valence-electron chi connectivity index (χ2n) is 5.58. The number of carbonyl (C=O) groups is 2. The van der Waals surface area contributed by atoms with Gasteiger partial charge in [0.2, 0.25) is 5.91 Å². The zero-order valence-electron chi connectivity index (χ0n) is 13.3. The van der Waals surface area contributed by atoms with Crippen molar-refractivity contribution in [2.24, 2.45) is 0 Å². The van der Waals surface area contributed by atoms with Crippen LogP contribution in [0.4, 0.5) is 11.4 Å². The van der Waals surface area contributed by atoms with E-state index in [0.29, 0.717) is 39.6 Å². The molecule has 7 heteroatoms. The summed E-state index contributed by atoms with van der Waals surface area (Å²) in [5.74, 6) is 0.298. The van der Waals surface area contributed by atoms with E-state index < -0.39 is 0 Å². The Morgan fingerprint density at radius 2 is 2.08 bits per heavy atom. The van der Waals surface area contributed by atoms with Gasteiger partial charge in [-0.15, -0.1) is 0 Å². The van der Waals surface area contributed by atoms with Crippen LogP contribution in [0.3, 0.4) is 0 Å². The number of halogens is 2. The second-order valence-corrected chi connectivity index (χ2v) is 6.87. The van der Waals surface area contributed by atoms with Crippen molar-refractivity contribution in [2.75, 3.05) is 23.4 Å². The summed E-state index contributed by atoms with van der Waals surface area (Å²) in [6, 6.07) is 12.3. The van der Waals surface area contributed by atoms with E-state index in [1.807, 2.05) is 18.2 Å². The number of nitrogens with one attached hydrogen (secondary N) is 1. The topological polar surface area (TPSA) is 58.6 Å². The van der Waals surface area contributed by atoms with Crippen LogP contribution in [0.5, 0.6) is 5.75 Å². The molecule has 1 aliphatic heterocycles. The summed E-state index contributed by atoms with van der Waals surface area (Å²) in [6.45, 7) is 0.516. The molecule has 2 amide bonds. The number of hydrogen-bond acceptors (Lipinski definition) is 3. The molecule has 0 bridgehead atoms. The number of ether oxygens (including phenoxy) is 1. The van der Waals surface area contributed by atoms with Crippen molar-refractivity contribution in [3.05, 3.63) is 52.0 Å². The van der Waals surface area contributed by atoms with Gasteiger partial charge in [-0.2, -0.15) is 0 Å². The van der Waals surface area contributed by atoms with E-state index in [-0.39, 0.29) is 18.4 Å². The highest BCUT2D eigenvalue weighted by Gasteiger charge is 2.24. The Morgan fingerprint density at radius 1 is 1.28 bits per heavy atom. The lowest BCUT2D eigenvalue weighted by atomic mass is 10.2.